The highest BCUT2D eigenvalue weighted by Gasteiger charge is 2.36. The van der Waals surface area contributed by atoms with Gasteiger partial charge < -0.3 is 4.90 Å². The maximum Gasteiger partial charge on any atom is 0.416 e. The minimum absolute atomic E-state index is 0.0435. The van der Waals surface area contributed by atoms with Gasteiger partial charge in [0, 0.05) is 38.3 Å². The molecule has 1 aromatic carbocycles. The zero-order valence-electron chi connectivity index (χ0n) is 18.6. The van der Waals surface area contributed by atoms with Gasteiger partial charge in [-0.05, 0) is 55.3 Å². The smallest absolute Gasteiger partial charge is 0.333 e. The molecule has 0 bridgehead atoms. The first kappa shape index (κ1) is 24.9. The number of alkyl halides is 3. The Balaban J connectivity index is 1.74. The van der Waals surface area contributed by atoms with E-state index in [9.17, 15) is 26.4 Å². The Kier molecular flexibility index (Phi) is 7.28. The first-order valence-corrected chi connectivity index (χ1v) is 12.0. The summed E-state index contributed by atoms with van der Waals surface area (Å²) < 4.78 is 65.5. The third-order valence-electron chi connectivity index (χ3n) is 5.61. The Hall–Kier alpha value is -2.72. The Bertz CT molecular complexity index is 1130. The van der Waals surface area contributed by atoms with Crippen LogP contribution in [0.5, 0.6) is 0 Å². The number of nitrogens with zero attached hydrogens (tertiary/aromatic N) is 3. The van der Waals surface area contributed by atoms with E-state index in [-0.39, 0.29) is 30.4 Å². The van der Waals surface area contributed by atoms with Gasteiger partial charge in [0.15, 0.2) is 0 Å². The molecule has 1 fully saturated rings. The minimum atomic E-state index is -4.54. The van der Waals surface area contributed by atoms with E-state index < -0.39 is 27.8 Å². The van der Waals surface area contributed by atoms with Gasteiger partial charge in [-0.3, -0.25) is 9.79 Å². The Morgan fingerprint density at radius 2 is 1.85 bits per heavy atom. The van der Waals surface area contributed by atoms with Crippen LogP contribution in [0.1, 0.15) is 25.8 Å². The molecule has 0 radical (unpaired) electrons. The molecule has 6 nitrogen and oxygen atoms in total. The molecule has 1 aliphatic carbocycles. The van der Waals surface area contributed by atoms with Crippen LogP contribution < -0.4 is 0 Å². The molecule has 1 amide bonds. The second-order valence-corrected chi connectivity index (χ2v) is 9.78. The number of piperazine rings is 1. The highest BCUT2D eigenvalue weighted by Crippen LogP contribution is 2.30. The molecule has 0 N–H and O–H groups in total. The molecule has 1 saturated heterocycles. The van der Waals surface area contributed by atoms with Gasteiger partial charge in [0.1, 0.15) is 0 Å². The fourth-order valence-electron chi connectivity index (χ4n) is 3.84. The first-order chi connectivity index (χ1) is 15.5. The number of hydrogen-bond acceptors (Lipinski definition) is 4. The first-order valence-electron chi connectivity index (χ1n) is 10.5. The summed E-state index contributed by atoms with van der Waals surface area (Å²) in [6.45, 7) is 4.02. The van der Waals surface area contributed by atoms with Crippen molar-refractivity contribution in [2.45, 2.75) is 37.4 Å². The quantitative estimate of drug-likeness (QED) is 0.656. The summed E-state index contributed by atoms with van der Waals surface area (Å²) in [5, 5.41) is 0. The van der Waals surface area contributed by atoms with Crippen LogP contribution in [0.25, 0.3) is 0 Å². The molecular weight excluding hydrogens is 455 g/mol. The lowest BCUT2D eigenvalue weighted by atomic mass is 9.98. The molecule has 178 valence electrons. The highest BCUT2D eigenvalue weighted by molar-refractivity contribution is 7.89. The predicted octanol–water partition coefficient (Wildman–Crippen LogP) is 3.83. The van der Waals surface area contributed by atoms with Crippen molar-refractivity contribution in [2.75, 3.05) is 26.7 Å². The lowest BCUT2D eigenvalue weighted by Gasteiger charge is -2.39. The number of rotatable bonds is 4. The van der Waals surface area contributed by atoms with Crippen molar-refractivity contribution in [1.82, 2.24) is 9.21 Å². The normalized spacial score (nSPS) is 22.7. The van der Waals surface area contributed by atoms with Gasteiger partial charge in [0.25, 0.3) is 5.91 Å². The molecule has 1 heterocycles. The van der Waals surface area contributed by atoms with Crippen LogP contribution >= 0.6 is 0 Å². The Morgan fingerprint density at radius 3 is 2.39 bits per heavy atom. The molecular formula is C23H26F3N3O3S. The van der Waals surface area contributed by atoms with Crippen molar-refractivity contribution in [1.29, 1.82) is 0 Å². The van der Waals surface area contributed by atoms with E-state index in [1.807, 2.05) is 19.1 Å². The van der Waals surface area contributed by atoms with Gasteiger partial charge in [-0.25, -0.2) is 8.42 Å². The lowest BCUT2D eigenvalue weighted by Crippen LogP contribution is -2.55. The zero-order chi connectivity index (χ0) is 24.4. The summed E-state index contributed by atoms with van der Waals surface area (Å²) in [7, 11) is -2.33. The SMILES string of the molecule is CC/C=C1/C=CC(C(=O)N2CCN(S(=O)(=O)c3ccc(C(F)(F)F)cc3)C[C@@H]2C)=CC1=NC. The maximum atomic E-state index is 13.1. The molecule has 0 unspecified atom stereocenters. The van der Waals surface area contributed by atoms with Crippen LogP contribution in [-0.2, 0) is 21.0 Å². The third-order valence-corrected chi connectivity index (χ3v) is 7.49. The summed E-state index contributed by atoms with van der Waals surface area (Å²) in [4.78, 5) is 18.7. The fourth-order valence-corrected chi connectivity index (χ4v) is 5.35. The van der Waals surface area contributed by atoms with E-state index in [0.29, 0.717) is 11.3 Å². The Morgan fingerprint density at radius 1 is 1.18 bits per heavy atom. The molecule has 2 aliphatic rings. The number of hydrogen-bond donors (Lipinski definition) is 0. The van der Waals surface area contributed by atoms with Crippen LogP contribution in [0.3, 0.4) is 0 Å². The maximum absolute atomic E-state index is 13.1. The van der Waals surface area contributed by atoms with Crippen molar-refractivity contribution < 1.29 is 26.4 Å². The van der Waals surface area contributed by atoms with Crippen molar-refractivity contribution in [3.63, 3.8) is 0 Å². The number of carbonyl (C=O) groups excluding carboxylic acids is 1. The molecule has 1 aromatic rings. The van der Waals surface area contributed by atoms with Gasteiger partial charge in [-0.2, -0.15) is 17.5 Å². The van der Waals surface area contributed by atoms with Gasteiger partial charge in [0.05, 0.1) is 16.2 Å². The average molecular weight is 482 g/mol. The van der Waals surface area contributed by atoms with E-state index in [2.05, 4.69) is 4.99 Å². The summed E-state index contributed by atoms with van der Waals surface area (Å²) in [6, 6.07) is 3.02. The summed E-state index contributed by atoms with van der Waals surface area (Å²) in [5.41, 5.74) is 1.21. The molecule has 33 heavy (non-hydrogen) atoms. The van der Waals surface area contributed by atoms with E-state index in [4.69, 9.17) is 0 Å². The second-order valence-electron chi connectivity index (χ2n) is 7.84. The number of halogens is 3. The van der Waals surface area contributed by atoms with E-state index in [1.54, 1.807) is 31.0 Å². The molecule has 0 saturated carbocycles. The number of sulfonamides is 1. The summed E-state index contributed by atoms with van der Waals surface area (Å²) >= 11 is 0. The van der Waals surface area contributed by atoms with Crippen LogP contribution in [-0.4, -0.2) is 62.0 Å². The van der Waals surface area contributed by atoms with Gasteiger partial charge >= 0.3 is 6.18 Å². The Labute approximate surface area is 191 Å². The van der Waals surface area contributed by atoms with Crippen LogP contribution in [0.2, 0.25) is 0 Å². The second kappa shape index (κ2) is 9.64. The molecule has 0 aromatic heterocycles. The van der Waals surface area contributed by atoms with Gasteiger partial charge in [-0.1, -0.05) is 19.1 Å². The van der Waals surface area contributed by atoms with E-state index in [0.717, 1.165) is 36.3 Å². The molecule has 10 heteroatoms. The minimum Gasteiger partial charge on any atom is -0.333 e. The third kappa shape index (κ3) is 5.27. The largest absolute Gasteiger partial charge is 0.416 e. The van der Waals surface area contributed by atoms with Crippen molar-refractivity contribution in [2.24, 2.45) is 4.99 Å². The van der Waals surface area contributed by atoms with Gasteiger partial charge in [-0.15, -0.1) is 0 Å². The topological polar surface area (TPSA) is 70.1 Å². The standard InChI is InChI=1S/C23H26F3N3O3S/c1-4-5-17-6-7-18(14-21(17)27-3)22(30)29-13-12-28(15-16(29)2)33(31,32)20-10-8-19(9-11-20)23(24,25)26/h5-11,14,16H,4,12-13,15H2,1-3H3/b17-5-,27-21?/t16-/m0/s1. The fraction of sp³-hybridized carbons (Fsp3) is 0.391. The van der Waals surface area contributed by atoms with Crippen molar-refractivity contribution in [3.05, 3.63) is 65.3 Å². The van der Waals surface area contributed by atoms with Crippen molar-refractivity contribution in [3.8, 4) is 0 Å². The lowest BCUT2D eigenvalue weighted by molar-refractivity contribution is -0.137. The molecule has 1 aliphatic heterocycles. The van der Waals surface area contributed by atoms with Crippen LogP contribution in [0.15, 0.2) is 69.6 Å². The number of amides is 1. The number of aliphatic imine (C=N–C) groups is 1. The number of carbonyl (C=O) groups is 1. The van der Waals surface area contributed by atoms with Crippen LogP contribution in [0, 0.1) is 0 Å². The number of allylic oxidation sites excluding steroid dienone is 4. The molecule has 1 atom stereocenters. The summed E-state index contributed by atoms with van der Waals surface area (Å²) in [6.07, 6.45) is 3.61. The number of benzene rings is 1. The highest BCUT2D eigenvalue weighted by atomic mass is 32.2. The van der Waals surface area contributed by atoms with Crippen molar-refractivity contribution >= 4 is 21.6 Å². The van der Waals surface area contributed by atoms with Gasteiger partial charge in [0.2, 0.25) is 10.0 Å². The van der Waals surface area contributed by atoms with E-state index >= 15 is 0 Å². The average Bonchev–Trinajstić information content (AvgIpc) is 2.78. The zero-order valence-corrected chi connectivity index (χ0v) is 19.4. The summed E-state index contributed by atoms with van der Waals surface area (Å²) in [5.74, 6) is -0.220. The van der Waals surface area contributed by atoms with Crippen LogP contribution in [0.4, 0.5) is 13.2 Å². The molecule has 3 rings (SSSR count). The predicted molar refractivity (Wildman–Crippen MR) is 120 cm³/mol. The monoisotopic (exact) mass is 481 g/mol. The molecule has 0 spiro atoms. The van der Waals surface area contributed by atoms with E-state index in [1.165, 1.54) is 4.31 Å².